The van der Waals surface area contributed by atoms with Gasteiger partial charge in [0.15, 0.2) is 5.82 Å². The molecule has 4 saturated heterocycles. The van der Waals surface area contributed by atoms with Gasteiger partial charge in [-0.2, -0.15) is 10.1 Å². The van der Waals surface area contributed by atoms with E-state index in [2.05, 4.69) is 57.8 Å². The smallest absolute Gasteiger partial charge is 0.262 e. The zero-order valence-corrected chi connectivity index (χ0v) is 44.4. The molecule has 0 saturated carbocycles. The molecule has 20 heteroatoms. The largest absolute Gasteiger partial charge is 0.494 e. The van der Waals surface area contributed by atoms with Gasteiger partial charge in [-0.3, -0.25) is 39.0 Å². The fourth-order valence-corrected chi connectivity index (χ4v) is 13.4. The third kappa shape index (κ3) is 10.2. The molecule has 6 aromatic rings. The second-order valence-corrected chi connectivity index (χ2v) is 24.4. The lowest BCUT2D eigenvalue weighted by molar-refractivity contribution is -0.136. The number of nitrogens with zero attached hydrogens (tertiary/aromatic N) is 9. The molecule has 1 atom stereocenters. The van der Waals surface area contributed by atoms with Gasteiger partial charge < -0.3 is 34.6 Å². The van der Waals surface area contributed by atoms with Gasteiger partial charge in [0.25, 0.3) is 11.8 Å². The van der Waals surface area contributed by atoms with Crippen molar-refractivity contribution in [2.45, 2.75) is 50.6 Å². The van der Waals surface area contributed by atoms with E-state index in [1.807, 2.05) is 66.6 Å². The first-order valence-corrected chi connectivity index (χ1v) is 28.8. The van der Waals surface area contributed by atoms with Crippen LogP contribution in [0, 0.1) is 5.92 Å². The van der Waals surface area contributed by atoms with Gasteiger partial charge in [0.05, 0.1) is 42.0 Å². The van der Waals surface area contributed by atoms with Gasteiger partial charge in [0.1, 0.15) is 24.0 Å². The number of piperidine rings is 3. The van der Waals surface area contributed by atoms with Gasteiger partial charge in [-0.15, -0.1) is 0 Å². The molecular formula is C55H62ClN12O6P. The normalized spacial score (nSPS) is 19.5. The molecule has 0 bridgehead atoms. The highest BCUT2D eigenvalue weighted by Crippen LogP contribution is 2.44. The number of anilines is 6. The van der Waals surface area contributed by atoms with Crippen LogP contribution in [0.3, 0.4) is 0 Å². The number of hydrogen-bond donors (Lipinski definition) is 3. The number of aromatic nitrogens is 4. The van der Waals surface area contributed by atoms with Gasteiger partial charge in [-0.25, -0.2) is 4.98 Å². The Morgan fingerprint density at radius 3 is 2.25 bits per heavy atom. The van der Waals surface area contributed by atoms with Gasteiger partial charge in [-0.1, -0.05) is 41.9 Å². The second kappa shape index (κ2) is 20.7. The minimum Gasteiger partial charge on any atom is -0.494 e. The summed E-state index contributed by atoms with van der Waals surface area (Å²) in [5, 5.41) is 16.6. The second-order valence-electron chi connectivity index (χ2n) is 20.8. The summed E-state index contributed by atoms with van der Waals surface area (Å²) in [6, 6.07) is 20.9. The number of rotatable bonds is 13. The lowest BCUT2D eigenvalue weighted by Crippen LogP contribution is -2.54. The van der Waals surface area contributed by atoms with Crippen LogP contribution in [0.4, 0.5) is 34.5 Å². The topological polar surface area (TPSA) is 190 Å². The highest BCUT2D eigenvalue weighted by molar-refractivity contribution is 7.71. The van der Waals surface area contributed by atoms with E-state index in [9.17, 15) is 23.7 Å². The Balaban J connectivity index is 0.700. The third-order valence-electron chi connectivity index (χ3n) is 15.7. The predicted octanol–water partition coefficient (Wildman–Crippen LogP) is 7.33. The third-order valence-corrected chi connectivity index (χ3v) is 17.5. The van der Waals surface area contributed by atoms with Crippen LogP contribution in [0.25, 0.3) is 21.9 Å². The lowest BCUT2D eigenvalue weighted by atomic mass is 9.95. The van der Waals surface area contributed by atoms with Gasteiger partial charge >= 0.3 is 0 Å². The summed E-state index contributed by atoms with van der Waals surface area (Å²) >= 11 is 6.71. The summed E-state index contributed by atoms with van der Waals surface area (Å²) < 4.78 is 21.5. The molecule has 390 valence electrons. The zero-order valence-electron chi connectivity index (χ0n) is 42.7. The Bertz CT molecular complexity index is 3270. The highest BCUT2D eigenvalue weighted by atomic mass is 35.5. The number of halogens is 1. The molecule has 5 aliphatic heterocycles. The number of carbonyl (C=O) groups excluding carboxylic acids is 4. The maximum absolute atomic E-state index is 13.7. The zero-order chi connectivity index (χ0) is 52.1. The number of amides is 4. The first kappa shape index (κ1) is 50.3. The van der Waals surface area contributed by atoms with Crippen molar-refractivity contribution in [2.75, 3.05) is 99.8 Å². The molecule has 0 aliphatic carbocycles. The Morgan fingerprint density at radius 1 is 0.787 bits per heavy atom. The van der Waals surface area contributed by atoms with Crippen LogP contribution >= 0.6 is 18.7 Å². The molecule has 11 rings (SSSR count). The van der Waals surface area contributed by atoms with Gasteiger partial charge in [-0.05, 0) is 92.5 Å². The summed E-state index contributed by atoms with van der Waals surface area (Å²) in [4.78, 5) is 71.4. The van der Waals surface area contributed by atoms with E-state index in [4.69, 9.17) is 21.3 Å². The number of imide groups is 2. The molecule has 7 heterocycles. The van der Waals surface area contributed by atoms with E-state index in [0.717, 1.165) is 128 Å². The number of piperazine rings is 1. The van der Waals surface area contributed by atoms with Crippen LogP contribution in [-0.4, -0.2) is 150 Å². The number of ether oxygens (including phenoxy) is 1. The maximum atomic E-state index is 13.7. The molecule has 0 spiro atoms. The average Bonchev–Trinajstić information content (AvgIpc) is 3.96. The summed E-state index contributed by atoms with van der Waals surface area (Å²) in [5.74, 6) is -0.0425. The van der Waals surface area contributed by atoms with Crippen LogP contribution < -0.4 is 35.8 Å². The van der Waals surface area contributed by atoms with Crippen LogP contribution in [0.1, 0.15) is 59.2 Å². The number of carbonyl (C=O) groups is 4. The Labute approximate surface area is 441 Å². The van der Waals surface area contributed by atoms with E-state index >= 15 is 0 Å². The number of methoxy groups -OCH3 is 1. The number of fused-ring (bicyclic) bond motifs is 2. The monoisotopic (exact) mass is 1050 g/mol. The number of benzene rings is 4. The summed E-state index contributed by atoms with van der Waals surface area (Å²) in [6.45, 7) is 12.3. The summed E-state index contributed by atoms with van der Waals surface area (Å²) in [7, 11) is 0.848. The van der Waals surface area contributed by atoms with Crippen LogP contribution in [0.5, 0.6) is 5.75 Å². The van der Waals surface area contributed by atoms with Crippen LogP contribution in [0.15, 0.2) is 85.3 Å². The number of hydrogen-bond acceptors (Lipinski definition) is 15. The molecular weight excluding hydrogens is 991 g/mol. The SMILES string of the molecule is COc1cc(N2CCC(N3CCN(CC4CCN(c5ccc6c(c5)C(=O)N(C5CCC(=O)NC5=O)C6=O)CC4)CC3)CC2)c(-c2cnn(C)c2)cc1Nc1ncc(Cl)c(Nc2ccc3ccccc3c2P(C)(C)=O)n1. The van der Waals surface area contributed by atoms with Crippen molar-refractivity contribution in [3.63, 3.8) is 0 Å². The van der Waals surface area contributed by atoms with Gasteiger partial charge in [0, 0.05) is 118 Å². The van der Waals surface area contributed by atoms with E-state index < -0.39 is 30.9 Å². The molecule has 18 nitrogen and oxygen atoms in total. The average molecular weight is 1050 g/mol. The number of aryl methyl sites for hydroxylation is 1. The standard InChI is InChI=1S/C55H62ClN12O6P/c1-63-33-36(30-58-63)41-28-45(60-55-57-31-43(56)51(62-55)59-44-12-9-35-7-5-6-8-39(35)50(44)75(3,4)73)48(74-2)29-47(41)67-21-17-37(18-22-67)66-25-23-64(24-26-66)32-34-15-19-65(20-16-34)38-10-11-40-42(27-38)54(72)68(53(40)71)46-13-14-49(69)61-52(46)70/h5-12,27-31,33-34,37,46H,13-26,32H2,1-4H3,(H,61,69,70)(H2,57,59,60,62). The molecule has 4 aromatic carbocycles. The van der Waals surface area contributed by atoms with Crippen molar-refractivity contribution >= 4 is 93.0 Å². The van der Waals surface area contributed by atoms with Crippen molar-refractivity contribution < 1.29 is 28.5 Å². The maximum Gasteiger partial charge on any atom is 0.262 e. The minimum atomic E-state index is -2.74. The Kier molecular flexibility index (Phi) is 13.9. The quantitative estimate of drug-likeness (QED) is 0.0769. The van der Waals surface area contributed by atoms with Crippen molar-refractivity contribution in [2.24, 2.45) is 13.0 Å². The summed E-state index contributed by atoms with van der Waals surface area (Å²) in [6.07, 6.45) is 9.86. The van der Waals surface area contributed by atoms with E-state index in [0.29, 0.717) is 57.0 Å². The highest BCUT2D eigenvalue weighted by Gasteiger charge is 2.45. The molecule has 4 fully saturated rings. The van der Waals surface area contributed by atoms with Crippen molar-refractivity contribution in [1.29, 1.82) is 0 Å². The van der Waals surface area contributed by atoms with E-state index in [1.165, 1.54) is 0 Å². The molecule has 5 aliphatic rings. The summed E-state index contributed by atoms with van der Waals surface area (Å²) in [5.41, 5.74) is 5.95. The fourth-order valence-electron chi connectivity index (χ4n) is 11.8. The van der Waals surface area contributed by atoms with Crippen LogP contribution in [-0.2, 0) is 21.2 Å². The van der Waals surface area contributed by atoms with Crippen LogP contribution in [0.2, 0.25) is 5.02 Å². The van der Waals surface area contributed by atoms with Crippen molar-refractivity contribution in [1.82, 2.24) is 39.8 Å². The first-order chi connectivity index (χ1) is 36.2. The van der Waals surface area contributed by atoms with E-state index in [-0.39, 0.29) is 18.7 Å². The molecule has 75 heavy (non-hydrogen) atoms. The molecule has 1 unspecified atom stereocenters. The molecule has 2 aromatic heterocycles. The predicted molar refractivity (Wildman–Crippen MR) is 293 cm³/mol. The minimum absolute atomic E-state index is 0.0930. The Hall–Kier alpha value is -6.85. The fraction of sp³-hybridized carbons (Fsp3) is 0.400. The molecule has 0 radical (unpaired) electrons. The van der Waals surface area contributed by atoms with Gasteiger partial charge in [0.2, 0.25) is 17.8 Å². The van der Waals surface area contributed by atoms with Crippen molar-refractivity contribution in [3.05, 3.63) is 101 Å². The lowest BCUT2D eigenvalue weighted by Gasteiger charge is -2.44. The Morgan fingerprint density at radius 2 is 1.53 bits per heavy atom. The molecule has 4 amide bonds. The molecule has 3 N–H and O–H groups in total. The van der Waals surface area contributed by atoms with Crippen molar-refractivity contribution in [3.8, 4) is 16.9 Å². The van der Waals surface area contributed by atoms with E-state index in [1.54, 1.807) is 38.8 Å². The first-order valence-electron chi connectivity index (χ1n) is 25.9. The number of nitrogens with one attached hydrogen (secondary N) is 3.